The third-order valence-electron chi connectivity index (χ3n) is 4.07. The Morgan fingerprint density at radius 1 is 1.10 bits per heavy atom. The van der Waals surface area contributed by atoms with E-state index in [1.165, 1.54) is 43.8 Å². The number of rotatable bonds is 6. The number of thiocarbonyl (C=S) groups is 1. The van der Waals surface area contributed by atoms with Crippen LogP contribution in [0, 0.1) is 10.1 Å². The zero-order valence-corrected chi connectivity index (χ0v) is 17.6. The minimum absolute atomic E-state index is 0.102. The van der Waals surface area contributed by atoms with Crippen molar-refractivity contribution < 1.29 is 19.2 Å². The molecule has 0 amide bonds. The standard InChI is InChI=1S/C20H17N3O5S2/c1-27-16-10-13(23(25)26)8-9-15(16)21-20(29)22-18-14(19(24)28-2)11-17(30-18)12-6-4-3-5-7-12/h3-11H,1-2H3,(H2,21,22,29). The zero-order valence-electron chi connectivity index (χ0n) is 16.0. The molecule has 3 aromatic rings. The van der Waals surface area contributed by atoms with Gasteiger partial charge in [0, 0.05) is 10.9 Å². The predicted molar refractivity (Wildman–Crippen MR) is 121 cm³/mol. The molecule has 0 radical (unpaired) electrons. The molecule has 154 valence electrons. The van der Waals surface area contributed by atoms with E-state index in [4.69, 9.17) is 21.7 Å². The number of nitrogens with zero attached hydrogens (tertiary/aromatic N) is 1. The number of ether oxygens (including phenoxy) is 2. The lowest BCUT2D eigenvalue weighted by Crippen LogP contribution is -2.20. The normalized spacial score (nSPS) is 10.2. The predicted octanol–water partition coefficient (Wildman–Crippen LogP) is 4.93. The molecule has 2 aromatic carbocycles. The molecule has 0 unspecified atom stereocenters. The Balaban J connectivity index is 1.85. The van der Waals surface area contributed by atoms with E-state index in [0.717, 1.165) is 10.4 Å². The molecule has 1 aromatic heterocycles. The lowest BCUT2D eigenvalue weighted by atomic mass is 10.1. The summed E-state index contributed by atoms with van der Waals surface area (Å²) in [5.74, 6) is -0.232. The van der Waals surface area contributed by atoms with E-state index in [-0.39, 0.29) is 16.5 Å². The number of nitro benzene ring substituents is 1. The van der Waals surface area contributed by atoms with Gasteiger partial charge in [0.05, 0.1) is 36.5 Å². The van der Waals surface area contributed by atoms with Gasteiger partial charge in [0.2, 0.25) is 0 Å². The molecule has 3 rings (SSSR count). The molecular formula is C20H17N3O5S2. The molecule has 30 heavy (non-hydrogen) atoms. The second-order valence-corrected chi connectivity index (χ2v) is 7.39. The van der Waals surface area contributed by atoms with Crippen molar-refractivity contribution in [2.75, 3.05) is 24.9 Å². The van der Waals surface area contributed by atoms with Gasteiger partial charge in [-0.25, -0.2) is 4.79 Å². The van der Waals surface area contributed by atoms with Crippen molar-refractivity contribution in [2.24, 2.45) is 0 Å². The Morgan fingerprint density at radius 2 is 1.83 bits per heavy atom. The van der Waals surface area contributed by atoms with Gasteiger partial charge in [-0.1, -0.05) is 30.3 Å². The third kappa shape index (κ3) is 4.73. The first-order chi connectivity index (χ1) is 14.4. The average molecular weight is 444 g/mol. The van der Waals surface area contributed by atoms with Crippen LogP contribution in [0.5, 0.6) is 5.75 Å². The maximum atomic E-state index is 12.2. The quantitative estimate of drug-likeness (QED) is 0.239. The molecule has 0 aliphatic heterocycles. The molecule has 0 aliphatic carbocycles. The molecule has 0 saturated heterocycles. The van der Waals surface area contributed by atoms with Crippen LogP contribution in [0.1, 0.15) is 10.4 Å². The fourth-order valence-corrected chi connectivity index (χ4v) is 3.98. The van der Waals surface area contributed by atoms with Crippen LogP contribution in [0.2, 0.25) is 0 Å². The van der Waals surface area contributed by atoms with Crippen molar-refractivity contribution >= 4 is 51.0 Å². The molecule has 0 atom stereocenters. The van der Waals surface area contributed by atoms with E-state index < -0.39 is 10.9 Å². The summed E-state index contributed by atoms with van der Waals surface area (Å²) < 4.78 is 10.1. The number of anilines is 2. The Kier molecular flexibility index (Phi) is 6.60. The first-order valence-electron chi connectivity index (χ1n) is 8.61. The number of carbonyl (C=O) groups is 1. The summed E-state index contributed by atoms with van der Waals surface area (Å²) in [4.78, 5) is 23.5. The lowest BCUT2D eigenvalue weighted by Gasteiger charge is -2.13. The molecule has 10 heteroatoms. The van der Waals surface area contributed by atoms with Gasteiger partial charge in [-0.15, -0.1) is 11.3 Å². The Hall–Kier alpha value is -3.50. The number of hydrogen-bond acceptors (Lipinski definition) is 7. The van der Waals surface area contributed by atoms with E-state index in [1.54, 1.807) is 6.07 Å². The van der Waals surface area contributed by atoms with E-state index >= 15 is 0 Å². The molecule has 2 N–H and O–H groups in total. The molecule has 8 nitrogen and oxygen atoms in total. The summed E-state index contributed by atoms with van der Waals surface area (Å²) in [7, 11) is 2.71. The first-order valence-corrected chi connectivity index (χ1v) is 9.83. The van der Waals surface area contributed by atoms with Gasteiger partial charge in [-0.05, 0) is 29.9 Å². The number of nitrogens with one attached hydrogen (secondary N) is 2. The highest BCUT2D eigenvalue weighted by molar-refractivity contribution is 7.80. The van der Waals surface area contributed by atoms with Gasteiger partial charge in [-0.3, -0.25) is 10.1 Å². The van der Waals surface area contributed by atoms with Crippen molar-refractivity contribution in [2.45, 2.75) is 0 Å². The lowest BCUT2D eigenvalue weighted by molar-refractivity contribution is -0.384. The minimum atomic E-state index is -0.512. The van der Waals surface area contributed by atoms with Crippen LogP contribution in [-0.4, -0.2) is 30.2 Å². The van der Waals surface area contributed by atoms with Gasteiger partial charge >= 0.3 is 5.97 Å². The minimum Gasteiger partial charge on any atom is -0.494 e. The van der Waals surface area contributed by atoms with Crippen LogP contribution >= 0.6 is 23.6 Å². The highest BCUT2D eigenvalue weighted by atomic mass is 32.1. The maximum absolute atomic E-state index is 12.2. The van der Waals surface area contributed by atoms with Crippen LogP contribution in [0.25, 0.3) is 10.4 Å². The molecule has 0 spiro atoms. The summed E-state index contributed by atoms with van der Waals surface area (Å²) in [5, 5.41) is 17.6. The second kappa shape index (κ2) is 9.33. The molecule has 0 saturated carbocycles. The Morgan fingerprint density at radius 3 is 2.47 bits per heavy atom. The number of nitro groups is 1. The van der Waals surface area contributed by atoms with Crippen LogP contribution in [0.15, 0.2) is 54.6 Å². The number of non-ortho nitro benzene ring substituents is 1. The van der Waals surface area contributed by atoms with Gasteiger partial charge in [0.15, 0.2) is 5.11 Å². The van der Waals surface area contributed by atoms with E-state index in [9.17, 15) is 14.9 Å². The Bertz CT molecular complexity index is 1100. The number of benzene rings is 2. The monoisotopic (exact) mass is 443 g/mol. The van der Waals surface area contributed by atoms with Crippen LogP contribution in [0.3, 0.4) is 0 Å². The fourth-order valence-electron chi connectivity index (χ4n) is 2.64. The smallest absolute Gasteiger partial charge is 0.340 e. The van der Waals surface area contributed by atoms with Crippen LogP contribution in [-0.2, 0) is 4.74 Å². The molecule has 0 bridgehead atoms. The summed E-state index contributed by atoms with van der Waals surface area (Å²) in [6.07, 6.45) is 0. The van der Waals surface area contributed by atoms with Gasteiger partial charge in [-0.2, -0.15) is 0 Å². The highest BCUT2D eigenvalue weighted by Gasteiger charge is 2.19. The van der Waals surface area contributed by atoms with Crippen molar-refractivity contribution in [3.8, 4) is 16.2 Å². The summed E-state index contributed by atoms with van der Waals surface area (Å²) in [6, 6.07) is 15.5. The molecule has 0 aliphatic rings. The largest absolute Gasteiger partial charge is 0.494 e. The van der Waals surface area contributed by atoms with Gasteiger partial charge in [0.25, 0.3) is 5.69 Å². The van der Waals surface area contributed by atoms with E-state index in [2.05, 4.69) is 10.6 Å². The summed E-state index contributed by atoms with van der Waals surface area (Å²) in [5.41, 5.74) is 1.65. The number of thiophene rings is 1. The number of hydrogen-bond donors (Lipinski definition) is 2. The third-order valence-corrected chi connectivity index (χ3v) is 5.37. The first kappa shape index (κ1) is 21.2. The van der Waals surface area contributed by atoms with Crippen LogP contribution < -0.4 is 15.4 Å². The van der Waals surface area contributed by atoms with E-state index in [0.29, 0.717) is 16.3 Å². The number of esters is 1. The van der Waals surface area contributed by atoms with Crippen molar-refractivity contribution in [1.82, 2.24) is 0 Å². The molecular weight excluding hydrogens is 426 g/mol. The van der Waals surface area contributed by atoms with Gasteiger partial charge < -0.3 is 20.1 Å². The number of methoxy groups -OCH3 is 2. The Labute approximate surface area is 181 Å². The highest BCUT2D eigenvalue weighted by Crippen LogP contribution is 2.36. The number of carbonyl (C=O) groups excluding carboxylic acids is 1. The molecule has 1 heterocycles. The fraction of sp³-hybridized carbons (Fsp3) is 0.100. The topological polar surface area (TPSA) is 103 Å². The van der Waals surface area contributed by atoms with Gasteiger partial charge in [0.1, 0.15) is 10.8 Å². The van der Waals surface area contributed by atoms with E-state index in [1.807, 2.05) is 30.3 Å². The SMILES string of the molecule is COC(=O)c1cc(-c2ccccc2)sc1NC(=S)Nc1ccc([N+](=O)[O-])cc1OC. The van der Waals surface area contributed by atoms with Crippen LogP contribution in [0.4, 0.5) is 16.4 Å². The van der Waals surface area contributed by atoms with Crippen molar-refractivity contribution in [3.63, 3.8) is 0 Å². The van der Waals surface area contributed by atoms with Crippen molar-refractivity contribution in [3.05, 3.63) is 70.3 Å². The second-order valence-electron chi connectivity index (χ2n) is 5.93. The maximum Gasteiger partial charge on any atom is 0.340 e. The zero-order chi connectivity index (χ0) is 21.7. The molecule has 0 fully saturated rings. The average Bonchev–Trinajstić information content (AvgIpc) is 3.17. The summed E-state index contributed by atoms with van der Waals surface area (Å²) in [6.45, 7) is 0. The summed E-state index contributed by atoms with van der Waals surface area (Å²) >= 11 is 6.71. The van der Waals surface area contributed by atoms with Crippen molar-refractivity contribution in [1.29, 1.82) is 0 Å².